The zero-order valence-corrected chi connectivity index (χ0v) is 9.95. The van der Waals surface area contributed by atoms with Crippen LogP contribution >= 0.6 is 0 Å². The molecular weight excluding hydrogens is 221 g/mol. The Kier molecular flexibility index (Phi) is 5.59. The van der Waals surface area contributed by atoms with Gasteiger partial charge in [0.2, 0.25) is 5.91 Å². The Bertz CT molecular complexity index is 371. The summed E-state index contributed by atoms with van der Waals surface area (Å²) in [6.07, 6.45) is 0. The number of amides is 1. The summed E-state index contributed by atoms with van der Waals surface area (Å²) in [5.74, 6) is -0.351. The molecule has 94 valence electrons. The van der Waals surface area contributed by atoms with Crippen molar-refractivity contribution in [2.45, 2.75) is 6.54 Å². The molecule has 0 bridgehead atoms. The quantitative estimate of drug-likeness (QED) is 0.752. The van der Waals surface area contributed by atoms with Crippen LogP contribution in [-0.2, 0) is 11.3 Å². The van der Waals surface area contributed by atoms with Crippen molar-refractivity contribution in [2.75, 3.05) is 26.7 Å². The number of hydrogen-bond donors (Lipinski definition) is 2. The van der Waals surface area contributed by atoms with Gasteiger partial charge in [0, 0.05) is 25.2 Å². The van der Waals surface area contributed by atoms with Crippen LogP contribution in [0.5, 0.6) is 0 Å². The maximum atomic E-state index is 13.3. The van der Waals surface area contributed by atoms with Gasteiger partial charge in [-0.05, 0) is 13.1 Å². The fourth-order valence-electron chi connectivity index (χ4n) is 1.49. The van der Waals surface area contributed by atoms with Gasteiger partial charge in [-0.1, -0.05) is 18.2 Å². The average Bonchev–Trinajstić information content (AvgIpc) is 2.29. The summed E-state index contributed by atoms with van der Waals surface area (Å²) in [6.45, 7) is 1.52. The van der Waals surface area contributed by atoms with E-state index in [1.165, 1.54) is 6.07 Å². The second-order valence-corrected chi connectivity index (χ2v) is 3.90. The van der Waals surface area contributed by atoms with E-state index in [0.717, 1.165) is 0 Å². The number of nitrogens with zero attached hydrogens (tertiary/aromatic N) is 1. The lowest BCUT2D eigenvalue weighted by Crippen LogP contribution is -2.37. The number of likely N-dealkylation sites (N-methyl/N-ethyl adjacent to an activating group) is 1. The molecule has 1 aromatic rings. The summed E-state index contributed by atoms with van der Waals surface area (Å²) in [7, 11) is 1.77. The van der Waals surface area contributed by atoms with E-state index in [9.17, 15) is 9.18 Å². The zero-order valence-electron chi connectivity index (χ0n) is 9.95. The Morgan fingerprint density at radius 3 is 2.82 bits per heavy atom. The third-order valence-electron chi connectivity index (χ3n) is 2.28. The molecule has 0 saturated carbocycles. The van der Waals surface area contributed by atoms with Crippen LogP contribution in [-0.4, -0.2) is 37.5 Å². The van der Waals surface area contributed by atoms with Gasteiger partial charge in [0.15, 0.2) is 0 Å². The first-order chi connectivity index (χ1) is 8.13. The minimum Gasteiger partial charge on any atom is -0.354 e. The van der Waals surface area contributed by atoms with E-state index in [0.29, 0.717) is 25.2 Å². The van der Waals surface area contributed by atoms with Crippen LogP contribution < -0.4 is 11.1 Å². The van der Waals surface area contributed by atoms with Crippen molar-refractivity contribution in [3.8, 4) is 0 Å². The fraction of sp³-hybridized carbons (Fsp3) is 0.417. The third kappa shape index (κ3) is 4.93. The fourth-order valence-corrected chi connectivity index (χ4v) is 1.49. The number of carbonyl (C=O) groups excluding carboxylic acids is 1. The molecule has 0 aromatic heterocycles. The number of nitrogens with two attached hydrogens (primary N) is 1. The molecule has 1 rings (SSSR count). The summed E-state index contributed by atoms with van der Waals surface area (Å²) in [5.41, 5.74) is 5.86. The van der Waals surface area contributed by atoms with Gasteiger partial charge in [-0.2, -0.15) is 0 Å². The topological polar surface area (TPSA) is 58.4 Å². The SMILES string of the molecule is CN(CC(=O)NCCN)Cc1ccccc1F. The van der Waals surface area contributed by atoms with Crippen LogP contribution in [0, 0.1) is 5.82 Å². The highest BCUT2D eigenvalue weighted by atomic mass is 19.1. The molecule has 0 fully saturated rings. The Hall–Kier alpha value is -1.46. The smallest absolute Gasteiger partial charge is 0.234 e. The molecule has 0 aliphatic carbocycles. The number of rotatable bonds is 6. The number of benzene rings is 1. The van der Waals surface area contributed by atoms with Crippen molar-refractivity contribution >= 4 is 5.91 Å². The van der Waals surface area contributed by atoms with Crippen LogP contribution in [0.2, 0.25) is 0 Å². The maximum absolute atomic E-state index is 13.3. The monoisotopic (exact) mass is 239 g/mol. The molecule has 17 heavy (non-hydrogen) atoms. The first-order valence-corrected chi connectivity index (χ1v) is 5.52. The number of nitrogens with one attached hydrogen (secondary N) is 1. The summed E-state index contributed by atoms with van der Waals surface area (Å²) in [6, 6.07) is 6.55. The van der Waals surface area contributed by atoms with E-state index >= 15 is 0 Å². The van der Waals surface area contributed by atoms with E-state index in [2.05, 4.69) is 5.32 Å². The van der Waals surface area contributed by atoms with E-state index in [1.807, 2.05) is 0 Å². The number of hydrogen-bond acceptors (Lipinski definition) is 3. The molecule has 1 aromatic carbocycles. The van der Waals surface area contributed by atoms with E-state index < -0.39 is 0 Å². The number of halogens is 1. The van der Waals surface area contributed by atoms with Crippen molar-refractivity contribution in [1.29, 1.82) is 0 Å². The lowest BCUT2D eigenvalue weighted by atomic mass is 10.2. The molecule has 0 spiro atoms. The largest absolute Gasteiger partial charge is 0.354 e. The van der Waals surface area contributed by atoms with E-state index in [-0.39, 0.29) is 18.3 Å². The van der Waals surface area contributed by atoms with Gasteiger partial charge in [0.25, 0.3) is 0 Å². The van der Waals surface area contributed by atoms with Gasteiger partial charge in [0.05, 0.1) is 6.54 Å². The van der Waals surface area contributed by atoms with Crippen LogP contribution in [0.4, 0.5) is 4.39 Å². The molecule has 0 aliphatic heterocycles. The van der Waals surface area contributed by atoms with E-state index in [4.69, 9.17) is 5.73 Å². The second kappa shape index (κ2) is 6.98. The highest BCUT2D eigenvalue weighted by Gasteiger charge is 2.08. The van der Waals surface area contributed by atoms with Gasteiger partial charge in [-0.15, -0.1) is 0 Å². The van der Waals surface area contributed by atoms with Crippen molar-refractivity contribution in [3.63, 3.8) is 0 Å². The lowest BCUT2D eigenvalue weighted by molar-refractivity contribution is -0.122. The molecule has 5 heteroatoms. The molecule has 1 amide bonds. The Morgan fingerprint density at radius 2 is 2.18 bits per heavy atom. The molecule has 0 saturated heterocycles. The van der Waals surface area contributed by atoms with Crippen molar-refractivity contribution in [3.05, 3.63) is 35.6 Å². The molecular formula is C12H18FN3O. The Labute approximate surface area is 101 Å². The molecule has 0 unspecified atom stereocenters. The maximum Gasteiger partial charge on any atom is 0.234 e. The molecule has 3 N–H and O–H groups in total. The Morgan fingerprint density at radius 1 is 1.47 bits per heavy atom. The molecule has 0 aliphatic rings. The predicted molar refractivity (Wildman–Crippen MR) is 64.8 cm³/mol. The molecule has 0 radical (unpaired) electrons. The average molecular weight is 239 g/mol. The summed E-state index contributed by atoms with van der Waals surface area (Å²) in [5, 5.41) is 2.66. The standard InChI is InChI=1S/C12H18FN3O/c1-16(9-12(17)15-7-6-14)8-10-4-2-3-5-11(10)13/h2-5H,6-9,14H2,1H3,(H,15,17). The molecule has 4 nitrogen and oxygen atoms in total. The number of carbonyl (C=O) groups is 1. The van der Waals surface area contributed by atoms with Crippen LogP contribution in [0.25, 0.3) is 0 Å². The van der Waals surface area contributed by atoms with Crippen LogP contribution in [0.3, 0.4) is 0 Å². The summed E-state index contributed by atoms with van der Waals surface area (Å²) < 4.78 is 13.3. The second-order valence-electron chi connectivity index (χ2n) is 3.90. The van der Waals surface area contributed by atoms with Crippen molar-refractivity contribution in [2.24, 2.45) is 5.73 Å². The normalized spacial score (nSPS) is 10.6. The van der Waals surface area contributed by atoms with Crippen LogP contribution in [0.1, 0.15) is 5.56 Å². The van der Waals surface area contributed by atoms with Gasteiger partial charge in [-0.25, -0.2) is 4.39 Å². The minimum atomic E-state index is -0.248. The van der Waals surface area contributed by atoms with Crippen molar-refractivity contribution in [1.82, 2.24) is 10.2 Å². The highest BCUT2D eigenvalue weighted by Crippen LogP contribution is 2.08. The van der Waals surface area contributed by atoms with Gasteiger partial charge >= 0.3 is 0 Å². The van der Waals surface area contributed by atoms with Gasteiger partial charge < -0.3 is 11.1 Å². The zero-order chi connectivity index (χ0) is 12.7. The molecule has 0 heterocycles. The van der Waals surface area contributed by atoms with Crippen LogP contribution in [0.15, 0.2) is 24.3 Å². The molecule has 0 atom stereocenters. The highest BCUT2D eigenvalue weighted by molar-refractivity contribution is 5.77. The third-order valence-corrected chi connectivity index (χ3v) is 2.28. The van der Waals surface area contributed by atoms with Gasteiger partial charge in [0.1, 0.15) is 5.82 Å². The first kappa shape index (κ1) is 13.6. The van der Waals surface area contributed by atoms with Crippen molar-refractivity contribution < 1.29 is 9.18 Å². The minimum absolute atomic E-state index is 0.103. The lowest BCUT2D eigenvalue weighted by Gasteiger charge is -2.16. The summed E-state index contributed by atoms with van der Waals surface area (Å²) in [4.78, 5) is 13.1. The predicted octanol–water partition coefficient (Wildman–Crippen LogP) is 0.332. The van der Waals surface area contributed by atoms with Gasteiger partial charge in [-0.3, -0.25) is 9.69 Å². The Balaban J connectivity index is 2.42. The van der Waals surface area contributed by atoms with E-state index in [1.54, 1.807) is 30.1 Å². The first-order valence-electron chi connectivity index (χ1n) is 5.52. The summed E-state index contributed by atoms with van der Waals surface area (Å²) >= 11 is 0.